The van der Waals surface area contributed by atoms with Crippen LogP contribution >= 0.6 is 11.8 Å². The second-order valence-corrected chi connectivity index (χ2v) is 9.16. The zero-order valence-electron chi connectivity index (χ0n) is 18.9. The van der Waals surface area contributed by atoms with Crippen molar-refractivity contribution in [1.29, 1.82) is 0 Å². The lowest BCUT2D eigenvalue weighted by atomic mass is 9.89. The van der Waals surface area contributed by atoms with Gasteiger partial charge in [-0.2, -0.15) is 0 Å². The Morgan fingerprint density at radius 3 is 2.41 bits per heavy atom. The Kier molecular flexibility index (Phi) is 8.30. The molecular formula is C25H28FN5O2S. The summed E-state index contributed by atoms with van der Waals surface area (Å²) < 4.78 is 16.2. The van der Waals surface area contributed by atoms with Gasteiger partial charge in [-0.1, -0.05) is 61.4 Å². The Bertz CT molecular complexity index is 1120. The lowest BCUT2D eigenvalue weighted by molar-refractivity contribution is -0.126. The van der Waals surface area contributed by atoms with Crippen LogP contribution in [0.5, 0.6) is 0 Å². The van der Waals surface area contributed by atoms with Gasteiger partial charge in [0.1, 0.15) is 5.82 Å². The molecule has 3 aromatic rings. The molecule has 9 heteroatoms. The maximum atomic E-state index is 14.5. The molecule has 4 rings (SSSR count). The number of thioether (sulfide) groups is 1. The van der Waals surface area contributed by atoms with Gasteiger partial charge < -0.3 is 10.6 Å². The minimum absolute atomic E-state index is 0.0833. The molecule has 178 valence electrons. The van der Waals surface area contributed by atoms with Crippen LogP contribution in [0.1, 0.15) is 32.1 Å². The predicted octanol–water partition coefficient (Wildman–Crippen LogP) is 3.98. The van der Waals surface area contributed by atoms with E-state index in [1.54, 1.807) is 22.8 Å². The molecule has 1 aliphatic rings. The maximum Gasteiger partial charge on any atom is 0.230 e. The highest BCUT2D eigenvalue weighted by Crippen LogP contribution is 2.29. The van der Waals surface area contributed by atoms with Crippen LogP contribution < -0.4 is 10.6 Å². The lowest BCUT2D eigenvalue weighted by Gasteiger charge is -2.20. The van der Waals surface area contributed by atoms with Crippen molar-refractivity contribution < 1.29 is 14.0 Å². The van der Waals surface area contributed by atoms with Crippen molar-refractivity contribution in [2.75, 3.05) is 18.8 Å². The number of halogens is 1. The van der Waals surface area contributed by atoms with Gasteiger partial charge >= 0.3 is 0 Å². The molecule has 0 spiro atoms. The van der Waals surface area contributed by atoms with Crippen LogP contribution in [0.3, 0.4) is 0 Å². The molecule has 1 aliphatic carbocycles. The van der Waals surface area contributed by atoms with E-state index in [0.717, 1.165) is 31.4 Å². The quantitative estimate of drug-likeness (QED) is 0.357. The highest BCUT2D eigenvalue weighted by Gasteiger charge is 2.21. The molecule has 1 fully saturated rings. The first-order valence-electron chi connectivity index (χ1n) is 11.6. The molecule has 0 aliphatic heterocycles. The standard InChI is InChI=1S/C25H28FN5O2S/c26-21-14-8-7-13-20(21)23-29-30-25(31(23)19-11-5-2-6-12-19)34-17-22(32)27-15-16-28-24(33)18-9-3-1-4-10-18/h2,5-8,11-14,18H,1,3-4,9-10,15-17H2,(H,27,32)(H,28,33). The van der Waals surface area contributed by atoms with Crippen molar-refractivity contribution in [1.82, 2.24) is 25.4 Å². The number of amides is 2. The number of rotatable bonds is 9. The minimum Gasteiger partial charge on any atom is -0.354 e. The zero-order valence-corrected chi connectivity index (χ0v) is 19.7. The van der Waals surface area contributed by atoms with Crippen LogP contribution in [0.25, 0.3) is 17.1 Å². The summed E-state index contributed by atoms with van der Waals surface area (Å²) in [5.74, 6) is 0.118. The lowest BCUT2D eigenvalue weighted by Crippen LogP contribution is -2.38. The molecule has 7 nitrogen and oxygen atoms in total. The Morgan fingerprint density at radius 1 is 0.941 bits per heavy atom. The van der Waals surface area contributed by atoms with E-state index in [1.165, 1.54) is 24.2 Å². The fourth-order valence-electron chi connectivity index (χ4n) is 4.07. The smallest absolute Gasteiger partial charge is 0.230 e. The molecular weight excluding hydrogens is 453 g/mol. The van der Waals surface area contributed by atoms with Gasteiger partial charge in [0.05, 0.1) is 11.3 Å². The molecule has 2 N–H and O–H groups in total. The van der Waals surface area contributed by atoms with Crippen molar-refractivity contribution >= 4 is 23.6 Å². The Hall–Kier alpha value is -3.20. The molecule has 0 radical (unpaired) electrons. The van der Waals surface area contributed by atoms with E-state index in [1.807, 2.05) is 30.3 Å². The number of carbonyl (C=O) groups is 2. The summed E-state index contributed by atoms with van der Waals surface area (Å²) in [4.78, 5) is 24.6. The number of benzene rings is 2. The Balaban J connectivity index is 1.35. The van der Waals surface area contributed by atoms with Gasteiger partial charge in [0.2, 0.25) is 11.8 Å². The van der Waals surface area contributed by atoms with Crippen LogP contribution in [0.15, 0.2) is 59.8 Å². The fraction of sp³-hybridized carbons (Fsp3) is 0.360. The van der Waals surface area contributed by atoms with Crippen LogP contribution in [-0.4, -0.2) is 45.4 Å². The summed E-state index contributed by atoms with van der Waals surface area (Å²) in [6.07, 6.45) is 5.32. The second-order valence-electron chi connectivity index (χ2n) is 8.22. The van der Waals surface area contributed by atoms with Gasteiger partial charge in [-0.3, -0.25) is 14.2 Å². The van der Waals surface area contributed by atoms with Crippen molar-refractivity contribution in [2.24, 2.45) is 5.92 Å². The van der Waals surface area contributed by atoms with E-state index in [2.05, 4.69) is 20.8 Å². The van der Waals surface area contributed by atoms with Gasteiger partial charge in [0.25, 0.3) is 0 Å². The van der Waals surface area contributed by atoms with Gasteiger partial charge in [-0.05, 0) is 37.1 Å². The zero-order chi connectivity index (χ0) is 23.8. The van der Waals surface area contributed by atoms with Gasteiger partial charge in [-0.15, -0.1) is 10.2 Å². The van der Waals surface area contributed by atoms with Crippen molar-refractivity contribution in [3.63, 3.8) is 0 Å². The Labute approximate surface area is 202 Å². The van der Waals surface area contributed by atoms with Crippen molar-refractivity contribution in [3.8, 4) is 17.1 Å². The summed E-state index contributed by atoms with van der Waals surface area (Å²) in [5, 5.41) is 14.7. The third-order valence-corrected chi connectivity index (χ3v) is 6.75. The first kappa shape index (κ1) is 23.9. The minimum atomic E-state index is -0.392. The molecule has 2 aromatic carbocycles. The van der Waals surface area contributed by atoms with E-state index < -0.39 is 5.82 Å². The molecule has 0 unspecified atom stereocenters. The van der Waals surface area contributed by atoms with Gasteiger partial charge in [0.15, 0.2) is 11.0 Å². The van der Waals surface area contributed by atoms with Crippen LogP contribution in [-0.2, 0) is 9.59 Å². The normalized spacial score (nSPS) is 14.0. The molecule has 2 amide bonds. The summed E-state index contributed by atoms with van der Waals surface area (Å²) in [6, 6.07) is 15.8. The van der Waals surface area contributed by atoms with E-state index in [-0.39, 0.29) is 23.5 Å². The number of hydrogen-bond donors (Lipinski definition) is 2. The van der Waals surface area contributed by atoms with Crippen LogP contribution in [0.4, 0.5) is 4.39 Å². The molecule has 0 saturated heterocycles. The van der Waals surface area contributed by atoms with Gasteiger partial charge in [-0.25, -0.2) is 4.39 Å². The first-order valence-corrected chi connectivity index (χ1v) is 12.5. The SMILES string of the molecule is O=C(CSc1nnc(-c2ccccc2F)n1-c1ccccc1)NCCNC(=O)C1CCCCC1. The molecule has 1 aromatic heterocycles. The number of aromatic nitrogens is 3. The van der Waals surface area contributed by atoms with Crippen molar-refractivity contribution in [2.45, 2.75) is 37.3 Å². The van der Waals surface area contributed by atoms with Crippen molar-refractivity contribution in [3.05, 3.63) is 60.4 Å². The molecule has 0 atom stereocenters. The number of para-hydroxylation sites is 1. The average Bonchev–Trinajstić information content (AvgIpc) is 3.30. The molecule has 1 heterocycles. The summed E-state index contributed by atoms with van der Waals surface area (Å²) in [7, 11) is 0. The number of nitrogens with zero attached hydrogens (tertiary/aromatic N) is 3. The van der Waals surface area contributed by atoms with Crippen LogP contribution in [0.2, 0.25) is 0 Å². The average molecular weight is 482 g/mol. The monoisotopic (exact) mass is 481 g/mol. The third kappa shape index (κ3) is 6.02. The summed E-state index contributed by atoms with van der Waals surface area (Å²) in [5.41, 5.74) is 1.11. The predicted molar refractivity (Wildman–Crippen MR) is 130 cm³/mol. The number of nitrogens with one attached hydrogen (secondary N) is 2. The molecule has 34 heavy (non-hydrogen) atoms. The third-order valence-electron chi connectivity index (χ3n) is 5.82. The van der Waals surface area contributed by atoms with Gasteiger partial charge in [0, 0.05) is 24.7 Å². The summed E-state index contributed by atoms with van der Waals surface area (Å²) >= 11 is 1.23. The molecule has 1 saturated carbocycles. The number of carbonyl (C=O) groups excluding carboxylic acids is 2. The van der Waals surface area contributed by atoms with E-state index in [4.69, 9.17) is 0 Å². The topological polar surface area (TPSA) is 88.9 Å². The largest absolute Gasteiger partial charge is 0.354 e. The highest BCUT2D eigenvalue weighted by atomic mass is 32.2. The molecule has 0 bridgehead atoms. The van der Waals surface area contributed by atoms with Crippen LogP contribution in [0, 0.1) is 11.7 Å². The first-order chi connectivity index (χ1) is 16.6. The Morgan fingerprint density at radius 2 is 1.65 bits per heavy atom. The number of hydrogen-bond acceptors (Lipinski definition) is 5. The maximum absolute atomic E-state index is 14.5. The highest BCUT2D eigenvalue weighted by molar-refractivity contribution is 7.99. The van der Waals surface area contributed by atoms with E-state index >= 15 is 0 Å². The summed E-state index contributed by atoms with van der Waals surface area (Å²) in [6.45, 7) is 0.771. The fourth-order valence-corrected chi connectivity index (χ4v) is 4.85. The van der Waals surface area contributed by atoms with E-state index in [0.29, 0.717) is 29.6 Å². The second kappa shape index (κ2) is 11.8. The van der Waals surface area contributed by atoms with E-state index in [9.17, 15) is 14.0 Å².